The maximum absolute atomic E-state index is 13.6. The highest BCUT2D eigenvalue weighted by atomic mass is 19.4. The number of amides is 1. The second-order valence-corrected chi connectivity index (χ2v) is 8.71. The standard InChI is InChI=1S/C24H24F4N2O3/c25-16-7-5-15(6-8-16)22-17-4-2-1-3-14(17)9-10-30(22)23(31)19-11-18-20(13-32-19)33-21(12-29-18)24(26,27)28/h1-8,18-22,29H,9-13H2/t18-,19+,20-,21-,22-/m0/s1. The van der Waals surface area contributed by atoms with Crippen molar-refractivity contribution in [1.82, 2.24) is 10.2 Å². The van der Waals surface area contributed by atoms with E-state index in [1.165, 1.54) is 12.1 Å². The van der Waals surface area contributed by atoms with E-state index in [2.05, 4.69) is 5.32 Å². The molecule has 2 aromatic carbocycles. The van der Waals surface area contributed by atoms with Crippen molar-refractivity contribution >= 4 is 5.91 Å². The van der Waals surface area contributed by atoms with Crippen molar-refractivity contribution in [1.29, 1.82) is 0 Å². The molecule has 0 bridgehead atoms. The average molecular weight is 464 g/mol. The summed E-state index contributed by atoms with van der Waals surface area (Å²) in [7, 11) is 0. The van der Waals surface area contributed by atoms with Gasteiger partial charge >= 0.3 is 6.18 Å². The molecule has 0 unspecified atom stereocenters. The number of rotatable bonds is 2. The zero-order valence-corrected chi connectivity index (χ0v) is 17.7. The largest absolute Gasteiger partial charge is 0.415 e. The van der Waals surface area contributed by atoms with Crippen LogP contribution in [0.25, 0.3) is 0 Å². The maximum Gasteiger partial charge on any atom is 0.415 e. The van der Waals surface area contributed by atoms with Gasteiger partial charge in [-0.05, 0) is 35.2 Å². The molecule has 5 atom stereocenters. The van der Waals surface area contributed by atoms with Gasteiger partial charge in [-0.2, -0.15) is 13.2 Å². The Morgan fingerprint density at radius 2 is 1.85 bits per heavy atom. The molecule has 3 aliphatic rings. The third kappa shape index (κ3) is 4.37. The number of nitrogens with zero attached hydrogens (tertiary/aromatic N) is 1. The lowest BCUT2D eigenvalue weighted by Gasteiger charge is -2.45. The van der Waals surface area contributed by atoms with E-state index in [-0.39, 0.29) is 31.3 Å². The minimum atomic E-state index is -4.45. The Labute approximate surface area is 188 Å². The van der Waals surface area contributed by atoms with E-state index >= 15 is 0 Å². The number of hydrogen-bond acceptors (Lipinski definition) is 4. The van der Waals surface area contributed by atoms with E-state index in [1.54, 1.807) is 17.0 Å². The van der Waals surface area contributed by atoms with Gasteiger partial charge < -0.3 is 19.7 Å². The monoisotopic (exact) mass is 464 g/mol. The molecular formula is C24H24F4N2O3. The summed E-state index contributed by atoms with van der Waals surface area (Å²) < 4.78 is 63.5. The summed E-state index contributed by atoms with van der Waals surface area (Å²) in [6.45, 7) is 0.0269. The third-order valence-electron chi connectivity index (χ3n) is 6.68. The molecule has 2 fully saturated rings. The lowest BCUT2D eigenvalue weighted by Crippen LogP contribution is -2.62. The van der Waals surface area contributed by atoms with Crippen molar-refractivity contribution in [2.45, 2.75) is 49.4 Å². The first kappa shape index (κ1) is 22.3. The highest BCUT2D eigenvalue weighted by Gasteiger charge is 2.49. The topological polar surface area (TPSA) is 50.8 Å². The summed E-state index contributed by atoms with van der Waals surface area (Å²) in [4.78, 5) is 15.3. The maximum atomic E-state index is 13.6. The van der Waals surface area contributed by atoms with Crippen LogP contribution in [0.1, 0.15) is 29.2 Å². The van der Waals surface area contributed by atoms with Gasteiger partial charge in [0.15, 0.2) is 6.10 Å². The number of hydrogen-bond donors (Lipinski definition) is 1. The highest BCUT2D eigenvalue weighted by Crippen LogP contribution is 2.37. The molecule has 0 aliphatic carbocycles. The van der Waals surface area contributed by atoms with Gasteiger partial charge in [-0.1, -0.05) is 36.4 Å². The number of carbonyl (C=O) groups excluding carboxylic acids is 1. The van der Waals surface area contributed by atoms with Gasteiger partial charge in [0.05, 0.1) is 18.8 Å². The van der Waals surface area contributed by atoms with Gasteiger partial charge in [0.1, 0.15) is 11.9 Å². The zero-order valence-electron chi connectivity index (χ0n) is 17.7. The number of ether oxygens (including phenoxy) is 2. The summed E-state index contributed by atoms with van der Waals surface area (Å²) >= 11 is 0. The predicted octanol–water partition coefficient (Wildman–Crippen LogP) is 3.38. The van der Waals surface area contributed by atoms with E-state index in [0.29, 0.717) is 13.0 Å². The molecule has 1 amide bonds. The van der Waals surface area contributed by atoms with Crippen LogP contribution in [0.4, 0.5) is 17.6 Å². The van der Waals surface area contributed by atoms with E-state index in [9.17, 15) is 22.4 Å². The summed E-state index contributed by atoms with van der Waals surface area (Å²) in [6.07, 6.45) is -6.98. The average Bonchev–Trinajstić information content (AvgIpc) is 2.82. The molecule has 0 spiro atoms. The molecule has 3 heterocycles. The van der Waals surface area contributed by atoms with Crippen molar-refractivity contribution in [3.63, 3.8) is 0 Å². The van der Waals surface area contributed by atoms with Crippen LogP contribution < -0.4 is 5.32 Å². The van der Waals surface area contributed by atoms with Crippen LogP contribution >= 0.6 is 0 Å². The first-order valence-electron chi connectivity index (χ1n) is 11.0. The van der Waals surface area contributed by atoms with Crippen molar-refractivity contribution in [2.24, 2.45) is 0 Å². The molecule has 33 heavy (non-hydrogen) atoms. The Kier molecular flexibility index (Phi) is 5.88. The van der Waals surface area contributed by atoms with Crippen LogP contribution in [-0.2, 0) is 20.7 Å². The van der Waals surface area contributed by atoms with E-state index in [4.69, 9.17) is 9.47 Å². The minimum absolute atomic E-state index is 0.0910. The molecule has 5 rings (SSSR count). The summed E-state index contributed by atoms with van der Waals surface area (Å²) in [6, 6.07) is 13.2. The molecule has 5 nitrogen and oxygen atoms in total. The summed E-state index contributed by atoms with van der Waals surface area (Å²) in [5.41, 5.74) is 2.89. The van der Waals surface area contributed by atoms with E-state index in [1.807, 2.05) is 24.3 Å². The number of halogens is 4. The molecule has 0 aromatic heterocycles. The molecule has 0 radical (unpaired) electrons. The van der Waals surface area contributed by atoms with Crippen LogP contribution in [0.15, 0.2) is 48.5 Å². The predicted molar refractivity (Wildman–Crippen MR) is 111 cm³/mol. The second-order valence-electron chi connectivity index (χ2n) is 8.71. The Hall–Kier alpha value is -2.49. The minimum Gasteiger partial charge on any atom is -0.366 e. The lowest BCUT2D eigenvalue weighted by molar-refractivity contribution is -0.259. The Bertz CT molecular complexity index is 1010. The van der Waals surface area contributed by atoms with Crippen LogP contribution in [0.2, 0.25) is 0 Å². The summed E-state index contributed by atoms with van der Waals surface area (Å²) in [5, 5.41) is 2.89. The fraction of sp³-hybridized carbons (Fsp3) is 0.458. The van der Waals surface area contributed by atoms with E-state index < -0.39 is 36.6 Å². The number of fused-ring (bicyclic) bond motifs is 2. The molecular weight excluding hydrogens is 440 g/mol. The van der Waals surface area contributed by atoms with Crippen molar-refractivity contribution in [3.8, 4) is 0 Å². The van der Waals surface area contributed by atoms with Gasteiger partial charge in [-0.25, -0.2) is 4.39 Å². The summed E-state index contributed by atoms with van der Waals surface area (Å²) in [5.74, 6) is -0.583. The van der Waals surface area contributed by atoms with E-state index in [0.717, 1.165) is 16.7 Å². The van der Waals surface area contributed by atoms with Crippen molar-refractivity contribution in [3.05, 3.63) is 71.0 Å². The first-order valence-corrected chi connectivity index (χ1v) is 11.0. The lowest BCUT2D eigenvalue weighted by atomic mass is 9.87. The second kappa shape index (κ2) is 8.70. The highest BCUT2D eigenvalue weighted by molar-refractivity contribution is 5.82. The number of alkyl halides is 3. The molecule has 3 aliphatic heterocycles. The number of benzene rings is 2. The number of carbonyl (C=O) groups is 1. The molecule has 176 valence electrons. The molecule has 0 saturated carbocycles. The van der Waals surface area contributed by atoms with Gasteiger partial charge in [0.25, 0.3) is 5.91 Å². The Morgan fingerprint density at radius 1 is 1.09 bits per heavy atom. The SMILES string of the molecule is O=C([C@H]1C[C@@H]2NC[C@@H](C(F)(F)F)O[C@H]2CO1)N1CCc2ccccc2[C@@H]1c1ccc(F)cc1. The van der Waals surface area contributed by atoms with Crippen molar-refractivity contribution < 1.29 is 31.8 Å². The smallest absolute Gasteiger partial charge is 0.366 e. The van der Waals surface area contributed by atoms with Crippen LogP contribution in [0.3, 0.4) is 0 Å². The fourth-order valence-corrected chi connectivity index (χ4v) is 5.00. The van der Waals surface area contributed by atoms with Gasteiger partial charge in [-0.15, -0.1) is 0 Å². The van der Waals surface area contributed by atoms with Crippen LogP contribution in [0.5, 0.6) is 0 Å². The molecule has 9 heteroatoms. The fourth-order valence-electron chi connectivity index (χ4n) is 5.00. The quantitative estimate of drug-likeness (QED) is 0.693. The molecule has 2 saturated heterocycles. The zero-order chi connectivity index (χ0) is 23.2. The number of nitrogens with one attached hydrogen (secondary N) is 1. The van der Waals surface area contributed by atoms with Crippen LogP contribution in [0, 0.1) is 5.82 Å². The van der Waals surface area contributed by atoms with Crippen molar-refractivity contribution in [2.75, 3.05) is 19.7 Å². The van der Waals surface area contributed by atoms with Gasteiger partial charge in [0, 0.05) is 25.6 Å². The normalized spacial score (nSPS) is 29.8. The Morgan fingerprint density at radius 3 is 2.61 bits per heavy atom. The van der Waals surface area contributed by atoms with Crippen LogP contribution in [-0.4, -0.2) is 61.0 Å². The number of morpholine rings is 1. The molecule has 1 N–H and O–H groups in total. The van der Waals surface area contributed by atoms with Gasteiger partial charge in [0.2, 0.25) is 0 Å². The van der Waals surface area contributed by atoms with Gasteiger partial charge in [-0.3, -0.25) is 4.79 Å². The third-order valence-corrected chi connectivity index (χ3v) is 6.68. The molecule has 2 aromatic rings. The first-order chi connectivity index (χ1) is 15.8. The Balaban J connectivity index is 1.36.